The molecule has 4 rings (SSSR count). The lowest BCUT2D eigenvalue weighted by atomic mass is 9.78. The van der Waals surface area contributed by atoms with Gasteiger partial charge in [0.05, 0.1) is 28.2 Å². The van der Waals surface area contributed by atoms with Gasteiger partial charge in [-0.2, -0.15) is 5.26 Å². The molecule has 1 aromatic heterocycles. The van der Waals surface area contributed by atoms with Crippen molar-refractivity contribution in [2.45, 2.75) is 25.2 Å². The smallest absolute Gasteiger partial charge is 0.324 e. The van der Waals surface area contributed by atoms with Gasteiger partial charge in [0, 0.05) is 34.7 Å². The maximum absolute atomic E-state index is 14.6. The molecule has 2 aliphatic rings. The summed E-state index contributed by atoms with van der Waals surface area (Å²) in [7, 11) is 0. The van der Waals surface area contributed by atoms with Gasteiger partial charge >= 0.3 is 5.00 Å². The first kappa shape index (κ1) is 19.7. The molecule has 0 fully saturated rings. The monoisotopic (exact) mass is 428 g/mol. The average molecular weight is 428 g/mol. The van der Waals surface area contributed by atoms with Crippen LogP contribution < -0.4 is 10.6 Å². The molecule has 0 saturated heterocycles. The van der Waals surface area contributed by atoms with Gasteiger partial charge in [0.2, 0.25) is 0 Å². The normalized spacial score (nSPS) is 19.0. The number of anilines is 1. The number of nitriles is 1. The molecule has 0 amide bonds. The van der Waals surface area contributed by atoms with Crippen LogP contribution in [0.2, 0.25) is 0 Å². The molecular weight excluding hydrogens is 414 g/mol. The summed E-state index contributed by atoms with van der Waals surface area (Å²) in [6.45, 7) is 0. The van der Waals surface area contributed by atoms with Crippen molar-refractivity contribution in [1.82, 2.24) is 0 Å². The number of halogens is 2. The summed E-state index contributed by atoms with van der Waals surface area (Å²) >= 11 is 0.860. The number of carbonyl (C=O) groups excluding carboxylic acids is 1. The Balaban J connectivity index is 1.96. The van der Waals surface area contributed by atoms with Crippen LogP contribution in [0.15, 0.2) is 53.0 Å². The van der Waals surface area contributed by atoms with Crippen molar-refractivity contribution < 1.29 is 18.5 Å². The number of thiophene rings is 1. The summed E-state index contributed by atoms with van der Waals surface area (Å²) in [5.41, 5.74) is 6.88. The van der Waals surface area contributed by atoms with Crippen molar-refractivity contribution >= 4 is 27.8 Å². The van der Waals surface area contributed by atoms with Crippen LogP contribution in [0, 0.1) is 33.1 Å². The zero-order valence-electron chi connectivity index (χ0n) is 15.4. The maximum atomic E-state index is 14.6. The molecule has 1 unspecified atom stereocenters. The van der Waals surface area contributed by atoms with Gasteiger partial charge in [-0.15, -0.1) is 0 Å². The average Bonchev–Trinajstić information content (AvgIpc) is 3.18. The van der Waals surface area contributed by atoms with Crippen molar-refractivity contribution in [1.29, 1.82) is 5.26 Å². The van der Waals surface area contributed by atoms with Crippen LogP contribution in [-0.2, 0) is 4.79 Å². The molecule has 0 spiro atoms. The zero-order valence-corrected chi connectivity index (χ0v) is 16.2. The van der Waals surface area contributed by atoms with E-state index in [0.29, 0.717) is 29.5 Å². The molecule has 0 radical (unpaired) electrons. The highest BCUT2D eigenvalue weighted by Gasteiger charge is 2.41. The summed E-state index contributed by atoms with van der Waals surface area (Å²) in [6.07, 6.45) is 1.13. The van der Waals surface area contributed by atoms with E-state index in [0.717, 1.165) is 17.4 Å². The number of ketones is 1. The van der Waals surface area contributed by atoms with Crippen LogP contribution in [-0.4, -0.2) is 10.7 Å². The second-order valence-electron chi connectivity index (χ2n) is 6.85. The lowest BCUT2D eigenvalue weighted by molar-refractivity contribution is -0.380. The molecule has 2 N–H and O–H groups in total. The lowest BCUT2D eigenvalue weighted by Crippen LogP contribution is -2.39. The fourth-order valence-electron chi connectivity index (χ4n) is 3.90. The van der Waals surface area contributed by atoms with Gasteiger partial charge in [-0.3, -0.25) is 19.8 Å². The number of Topliss-reactive ketones (excluding diaryl/α,β-unsaturated/α-hetero) is 1. The molecule has 1 aliphatic carbocycles. The van der Waals surface area contributed by atoms with Gasteiger partial charge in [-0.1, -0.05) is 11.3 Å². The Bertz CT molecular complexity index is 1190. The van der Waals surface area contributed by atoms with Gasteiger partial charge in [0.1, 0.15) is 17.5 Å². The standard InChI is InChI=1S/C20H14F2N4O3S/c21-10-4-5-13(12(22)8-10)25-14-2-1-3-15(27)19(14)18(11(9-23)20(25)24)16-6-7-17(30-16)26(28)29/h4-8,18H,1-3,24H2. The summed E-state index contributed by atoms with van der Waals surface area (Å²) < 4.78 is 28.0. The van der Waals surface area contributed by atoms with Gasteiger partial charge < -0.3 is 5.73 Å². The van der Waals surface area contributed by atoms with Crippen molar-refractivity contribution in [2.24, 2.45) is 5.73 Å². The van der Waals surface area contributed by atoms with Crippen molar-refractivity contribution in [2.75, 3.05) is 4.90 Å². The number of allylic oxidation sites excluding steroid dienone is 3. The minimum atomic E-state index is -0.884. The Morgan fingerprint density at radius 3 is 2.67 bits per heavy atom. The lowest BCUT2D eigenvalue weighted by Gasteiger charge is -2.39. The first-order chi connectivity index (χ1) is 14.3. The van der Waals surface area contributed by atoms with Crippen molar-refractivity contribution in [3.63, 3.8) is 0 Å². The van der Waals surface area contributed by atoms with Gasteiger partial charge in [0.15, 0.2) is 5.78 Å². The van der Waals surface area contributed by atoms with E-state index in [2.05, 4.69) is 0 Å². The molecule has 2 aromatic rings. The van der Waals surface area contributed by atoms with Crippen LogP contribution in [0.5, 0.6) is 0 Å². The maximum Gasteiger partial charge on any atom is 0.324 e. The molecule has 152 valence electrons. The van der Waals surface area contributed by atoms with Gasteiger partial charge in [-0.05, 0) is 31.0 Å². The molecule has 10 heteroatoms. The minimum absolute atomic E-state index is 0.00975. The third kappa shape index (κ3) is 3.04. The SMILES string of the molecule is N#CC1=C(N)N(c2ccc(F)cc2F)C2=C(C(=O)CCC2)C1c1ccc([N+](=O)[O-])s1. The van der Waals surface area contributed by atoms with Gasteiger partial charge in [0.25, 0.3) is 0 Å². The summed E-state index contributed by atoms with van der Waals surface area (Å²) in [5, 5.41) is 20.8. The van der Waals surface area contributed by atoms with E-state index in [1.807, 2.05) is 6.07 Å². The minimum Gasteiger partial charge on any atom is -0.384 e. The largest absolute Gasteiger partial charge is 0.384 e. The van der Waals surface area contributed by atoms with Crippen LogP contribution in [0.25, 0.3) is 0 Å². The number of hydrogen-bond donors (Lipinski definition) is 1. The second-order valence-corrected chi connectivity index (χ2v) is 7.94. The molecule has 0 bridgehead atoms. The van der Waals surface area contributed by atoms with E-state index < -0.39 is 22.5 Å². The van der Waals surface area contributed by atoms with E-state index in [1.165, 1.54) is 23.1 Å². The Kier molecular flexibility index (Phi) is 4.83. The highest BCUT2D eigenvalue weighted by molar-refractivity contribution is 7.15. The predicted octanol–water partition coefficient (Wildman–Crippen LogP) is 4.24. The number of nitrogens with zero attached hydrogens (tertiary/aromatic N) is 3. The Morgan fingerprint density at radius 1 is 1.27 bits per heavy atom. The van der Waals surface area contributed by atoms with E-state index >= 15 is 0 Å². The zero-order chi connectivity index (χ0) is 21.6. The van der Waals surface area contributed by atoms with Crippen LogP contribution in [0.3, 0.4) is 0 Å². The molecule has 1 aromatic carbocycles. The molecule has 7 nitrogen and oxygen atoms in total. The third-order valence-corrected chi connectivity index (χ3v) is 6.24. The fourth-order valence-corrected chi connectivity index (χ4v) is 4.85. The van der Waals surface area contributed by atoms with Crippen LogP contribution in [0.1, 0.15) is 30.1 Å². The number of hydrogen-bond acceptors (Lipinski definition) is 7. The molecule has 1 aliphatic heterocycles. The third-order valence-electron chi connectivity index (χ3n) is 5.14. The predicted molar refractivity (Wildman–Crippen MR) is 105 cm³/mol. The number of nitro groups is 1. The van der Waals surface area contributed by atoms with E-state index in [9.17, 15) is 29.0 Å². The van der Waals surface area contributed by atoms with E-state index in [1.54, 1.807) is 0 Å². The van der Waals surface area contributed by atoms with Crippen molar-refractivity contribution in [3.05, 3.63) is 79.6 Å². The van der Waals surface area contributed by atoms with Crippen LogP contribution in [0.4, 0.5) is 19.5 Å². The van der Waals surface area contributed by atoms with Crippen molar-refractivity contribution in [3.8, 4) is 6.07 Å². The first-order valence-electron chi connectivity index (χ1n) is 8.98. The highest BCUT2D eigenvalue weighted by Crippen LogP contribution is 2.48. The molecule has 2 heterocycles. The fraction of sp³-hybridized carbons (Fsp3) is 0.200. The van der Waals surface area contributed by atoms with E-state index in [-0.39, 0.29) is 39.9 Å². The molecular formula is C20H14F2N4O3S. The first-order valence-corrected chi connectivity index (χ1v) is 9.80. The molecule has 0 saturated carbocycles. The molecule has 30 heavy (non-hydrogen) atoms. The number of benzene rings is 1. The number of rotatable bonds is 3. The Labute approximate surface area is 173 Å². The number of carbonyl (C=O) groups is 1. The van der Waals surface area contributed by atoms with Crippen LogP contribution >= 0.6 is 11.3 Å². The van der Waals surface area contributed by atoms with E-state index in [4.69, 9.17) is 5.73 Å². The second kappa shape index (κ2) is 7.35. The summed E-state index contributed by atoms with van der Waals surface area (Å²) in [6, 6.07) is 7.77. The Hall–Kier alpha value is -3.58. The summed E-state index contributed by atoms with van der Waals surface area (Å²) in [5.74, 6) is -2.84. The highest BCUT2D eigenvalue weighted by atomic mass is 32.1. The van der Waals surface area contributed by atoms with Gasteiger partial charge in [-0.25, -0.2) is 8.78 Å². The Morgan fingerprint density at radius 2 is 2.03 bits per heavy atom. The summed E-state index contributed by atoms with van der Waals surface area (Å²) in [4.78, 5) is 25.2. The topological polar surface area (TPSA) is 113 Å². The quantitative estimate of drug-likeness (QED) is 0.578. The molecule has 1 atom stereocenters. The number of nitrogens with two attached hydrogens (primary N) is 1.